The van der Waals surface area contributed by atoms with Crippen molar-refractivity contribution in [2.24, 2.45) is 0 Å². The quantitative estimate of drug-likeness (QED) is 0.817. The highest BCUT2D eigenvalue weighted by Crippen LogP contribution is 2.13. The van der Waals surface area contributed by atoms with Crippen LogP contribution in [0.3, 0.4) is 0 Å². The van der Waals surface area contributed by atoms with E-state index in [0.29, 0.717) is 0 Å². The molecule has 17 heavy (non-hydrogen) atoms. The molecule has 0 fully saturated rings. The number of anilines is 1. The second-order valence-electron chi connectivity index (χ2n) is 4.15. The molecule has 0 saturated carbocycles. The molecule has 88 valence electrons. The topological polar surface area (TPSA) is 24.9 Å². The van der Waals surface area contributed by atoms with Crippen molar-refractivity contribution >= 4 is 5.69 Å². The minimum Gasteiger partial charge on any atom is -0.380 e. The van der Waals surface area contributed by atoms with Crippen LogP contribution in [-0.4, -0.2) is 4.98 Å². The van der Waals surface area contributed by atoms with E-state index >= 15 is 0 Å². The third kappa shape index (κ3) is 3.03. The number of nitrogens with one attached hydrogen (secondary N) is 1. The number of nitrogens with zero attached hydrogens (tertiary/aromatic N) is 1. The van der Waals surface area contributed by atoms with Crippen LogP contribution >= 0.6 is 0 Å². The van der Waals surface area contributed by atoms with E-state index in [2.05, 4.69) is 42.3 Å². The zero-order chi connectivity index (χ0) is 12.3. The van der Waals surface area contributed by atoms with Crippen LogP contribution in [0.4, 0.5) is 10.1 Å². The van der Waals surface area contributed by atoms with Gasteiger partial charge < -0.3 is 5.32 Å². The lowest BCUT2D eigenvalue weighted by molar-refractivity contribution is 0.584. The highest BCUT2D eigenvalue weighted by Gasteiger charge is 1.99. The molecule has 0 bridgehead atoms. The van der Waals surface area contributed by atoms with Crippen molar-refractivity contribution in [3.05, 3.63) is 59.2 Å². The van der Waals surface area contributed by atoms with Crippen molar-refractivity contribution < 1.29 is 4.39 Å². The van der Waals surface area contributed by atoms with Crippen LogP contribution in [0.25, 0.3) is 0 Å². The van der Waals surface area contributed by atoms with E-state index in [9.17, 15) is 4.39 Å². The summed E-state index contributed by atoms with van der Waals surface area (Å²) in [7, 11) is 0. The molecular formula is C14H15FN2. The Labute approximate surface area is 101 Å². The molecule has 0 amide bonds. The van der Waals surface area contributed by atoms with E-state index in [-0.39, 0.29) is 0 Å². The fourth-order valence-corrected chi connectivity index (χ4v) is 1.72. The van der Waals surface area contributed by atoms with Gasteiger partial charge in [-0.05, 0) is 37.1 Å². The molecule has 2 aromatic rings. The number of halogens is 1. The summed E-state index contributed by atoms with van der Waals surface area (Å²) in [6.07, 6.45) is 1.50. The Morgan fingerprint density at radius 2 is 2.00 bits per heavy atom. The Morgan fingerprint density at radius 3 is 2.65 bits per heavy atom. The van der Waals surface area contributed by atoms with E-state index in [1.807, 2.05) is 0 Å². The SMILES string of the molecule is Cc1ccc(CNc2ccc(F)nc2)c(C)c1. The number of aryl methyl sites for hydroxylation is 2. The number of hydrogen-bond donors (Lipinski definition) is 1. The van der Waals surface area contributed by atoms with E-state index in [1.165, 1.54) is 29.0 Å². The summed E-state index contributed by atoms with van der Waals surface area (Å²) in [5, 5.41) is 3.22. The Hall–Kier alpha value is -1.90. The minimum absolute atomic E-state index is 0.456. The molecule has 2 nitrogen and oxygen atoms in total. The summed E-state index contributed by atoms with van der Waals surface area (Å²) in [5.74, 6) is -0.456. The van der Waals surface area contributed by atoms with Gasteiger partial charge in [0.25, 0.3) is 0 Å². The van der Waals surface area contributed by atoms with Crippen molar-refractivity contribution in [1.29, 1.82) is 0 Å². The van der Waals surface area contributed by atoms with Crippen LogP contribution in [0.2, 0.25) is 0 Å². The van der Waals surface area contributed by atoms with Gasteiger partial charge in [-0.1, -0.05) is 23.8 Å². The Morgan fingerprint density at radius 1 is 1.18 bits per heavy atom. The van der Waals surface area contributed by atoms with Gasteiger partial charge >= 0.3 is 0 Å². The normalized spacial score (nSPS) is 10.3. The molecule has 0 atom stereocenters. The third-order valence-corrected chi connectivity index (χ3v) is 2.71. The molecule has 0 spiro atoms. The van der Waals surface area contributed by atoms with Gasteiger partial charge in [-0.2, -0.15) is 4.39 Å². The number of rotatable bonds is 3. The Kier molecular flexibility index (Phi) is 3.38. The first-order valence-corrected chi connectivity index (χ1v) is 5.57. The van der Waals surface area contributed by atoms with Crippen LogP contribution in [0, 0.1) is 19.8 Å². The van der Waals surface area contributed by atoms with Gasteiger partial charge in [0, 0.05) is 6.54 Å². The van der Waals surface area contributed by atoms with Crippen LogP contribution in [0.1, 0.15) is 16.7 Å². The number of pyridine rings is 1. The molecule has 2 rings (SSSR count). The summed E-state index contributed by atoms with van der Waals surface area (Å²) < 4.78 is 12.6. The molecular weight excluding hydrogens is 215 g/mol. The first kappa shape index (κ1) is 11.6. The summed E-state index contributed by atoms with van der Waals surface area (Å²) in [6, 6.07) is 9.39. The van der Waals surface area contributed by atoms with E-state index in [0.717, 1.165) is 12.2 Å². The highest BCUT2D eigenvalue weighted by molar-refractivity contribution is 5.42. The van der Waals surface area contributed by atoms with Gasteiger partial charge in [-0.15, -0.1) is 0 Å². The average Bonchev–Trinajstić information content (AvgIpc) is 2.30. The van der Waals surface area contributed by atoms with Gasteiger partial charge in [0.15, 0.2) is 0 Å². The Balaban J connectivity index is 2.04. The highest BCUT2D eigenvalue weighted by atomic mass is 19.1. The molecule has 0 aliphatic rings. The maximum atomic E-state index is 12.6. The fraction of sp³-hybridized carbons (Fsp3) is 0.214. The molecule has 0 unspecified atom stereocenters. The molecule has 3 heteroatoms. The summed E-state index contributed by atoms with van der Waals surface area (Å²) in [6.45, 7) is 4.89. The van der Waals surface area contributed by atoms with Crippen molar-refractivity contribution in [3.63, 3.8) is 0 Å². The van der Waals surface area contributed by atoms with Gasteiger partial charge in [0.05, 0.1) is 11.9 Å². The summed E-state index contributed by atoms with van der Waals surface area (Å²) in [4.78, 5) is 3.60. The molecule has 1 aromatic heterocycles. The monoisotopic (exact) mass is 230 g/mol. The van der Waals surface area contributed by atoms with E-state index in [1.54, 1.807) is 6.07 Å². The second kappa shape index (κ2) is 4.95. The number of benzene rings is 1. The zero-order valence-corrected chi connectivity index (χ0v) is 10.00. The van der Waals surface area contributed by atoms with Gasteiger partial charge in [-0.3, -0.25) is 0 Å². The molecule has 0 aliphatic carbocycles. The van der Waals surface area contributed by atoms with Crippen molar-refractivity contribution in [3.8, 4) is 0 Å². The first-order chi connectivity index (χ1) is 8.15. The summed E-state index contributed by atoms with van der Waals surface area (Å²) in [5.41, 5.74) is 4.58. The molecule has 0 aliphatic heterocycles. The molecule has 1 N–H and O–H groups in total. The van der Waals surface area contributed by atoms with Gasteiger partial charge in [-0.25, -0.2) is 4.98 Å². The minimum atomic E-state index is -0.456. The maximum Gasteiger partial charge on any atom is 0.212 e. The van der Waals surface area contributed by atoms with Crippen LogP contribution in [0.5, 0.6) is 0 Å². The lowest BCUT2D eigenvalue weighted by Crippen LogP contribution is -2.02. The average molecular weight is 230 g/mol. The largest absolute Gasteiger partial charge is 0.380 e. The maximum absolute atomic E-state index is 12.6. The van der Waals surface area contributed by atoms with Crippen LogP contribution in [-0.2, 0) is 6.54 Å². The number of hydrogen-bond acceptors (Lipinski definition) is 2. The lowest BCUT2D eigenvalue weighted by atomic mass is 10.1. The zero-order valence-electron chi connectivity index (χ0n) is 10.00. The predicted molar refractivity (Wildman–Crippen MR) is 67.4 cm³/mol. The van der Waals surface area contributed by atoms with E-state index < -0.39 is 5.95 Å². The predicted octanol–water partition coefficient (Wildman–Crippen LogP) is 3.45. The number of aromatic nitrogens is 1. The fourth-order valence-electron chi connectivity index (χ4n) is 1.72. The molecule has 0 radical (unpaired) electrons. The van der Waals surface area contributed by atoms with Gasteiger partial charge in [0.2, 0.25) is 5.95 Å². The Bertz CT molecular complexity index is 506. The standard InChI is InChI=1S/C14H15FN2/c1-10-3-4-12(11(2)7-10)8-16-13-5-6-14(15)17-9-13/h3-7,9,16H,8H2,1-2H3. The van der Waals surface area contributed by atoms with Crippen LogP contribution < -0.4 is 5.32 Å². The second-order valence-corrected chi connectivity index (χ2v) is 4.15. The third-order valence-electron chi connectivity index (χ3n) is 2.71. The van der Waals surface area contributed by atoms with Crippen LogP contribution in [0.15, 0.2) is 36.5 Å². The molecule has 1 aromatic carbocycles. The van der Waals surface area contributed by atoms with Gasteiger partial charge in [0.1, 0.15) is 0 Å². The molecule has 1 heterocycles. The first-order valence-electron chi connectivity index (χ1n) is 5.57. The lowest BCUT2D eigenvalue weighted by Gasteiger charge is -2.09. The summed E-state index contributed by atoms with van der Waals surface area (Å²) >= 11 is 0. The molecule has 0 saturated heterocycles. The smallest absolute Gasteiger partial charge is 0.212 e. The van der Waals surface area contributed by atoms with E-state index in [4.69, 9.17) is 0 Å². The van der Waals surface area contributed by atoms with Crippen molar-refractivity contribution in [1.82, 2.24) is 4.98 Å². The van der Waals surface area contributed by atoms with Crippen molar-refractivity contribution in [2.75, 3.05) is 5.32 Å². The van der Waals surface area contributed by atoms with Crippen molar-refractivity contribution in [2.45, 2.75) is 20.4 Å².